The standard InChI is InChI=1S/C21H38N6O/c1-16(14-19-17(2)25-26(5)18(19)3)24-20(22-4)23-15-21(8-12-28-13-9-21)27-10-6-7-11-27/h16H,6-15H2,1-5H3,(H2,22,23,24). The van der Waals surface area contributed by atoms with Crippen LogP contribution in [0.25, 0.3) is 0 Å². The highest BCUT2D eigenvalue weighted by Gasteiger charge is 2.39. The first-order valence-electron chi connectivity index (χ1n) is 10.7. The molecular weight excluding hydrogens is 352 g/mol. The molecule has 2 N–H and O–H groups in total. The van der Waals surface area contributed by atoms with Crippen LogP contribution in [0.2, 0.25) is 0 Å². The molecule has 158 valence electrons. The lowest BCUT2D eigenvalue weighted by atomic mass is 9.88. The van der Waals surface area contributed by atoms with Crippen LogP contribution < -0.4 is 10.6 Å². The summed E-state index contributed by atoms with van der Waals surface area (Å²) in [5.74, 6) is 0.886. The molecule has 2 aliphatic rings. The first-order chi connectivity index (χ1) is 13.4. The summed E-state index contributed by atoms with van der Waals surface area (Å²) in [7, 11) is 3.87. The molecule has 1 aromatic rings. The summed E-state index contributed by atoms with van der Waals surface area (Å²) in [6.45, 7) is 11.5. The molecule has 2 fully saturated rings. The van der Waals surface area contributed by atoms with Crippen molar-refractivity contribution in [3.05, 3.63) is 17.0 Å². The maximum absolute atomic E-state index is 5.66. The molecule has 2 aliphatic heterocycles. The van der Waals surface area contributed by atoms with Gasteiger partial charge < -0.3 is 15.4 Å². The van der Waals surface area contributed by atoms with E-state index in [1.165, 1.54) is 37.2 Å². The number of aliphatic imine (C=N–C) groups is 1. The lowest BCUT2D eigenvalue weighted by Crippen LogP contribution is -2.59. The Kier molecular flexibility index (Phi) is 6.99. The summed E-state index contributed by atoms with van der Waals surface area (Å²) in [4.78, 5) is 7.17. The van der Waals surface area contributed by atoms with Gasteiger partial charge in [0.25, 0.3) is 0 Å². The van der Waals surface area contributed by atoms with Crippen molar-refractivity contribution in [2.45, 2.75) is 64.5 Å². The topological polar surface area (TPSA) is 66.7 Å². The van der Waals surface area contributed by atoms with E-state index >= 15 is 0 Å². The van der Waals surface area contributed by atoms with Crippen molar-refractivity contribution in [2.24, 2.45) is 12.0 Å². The second kappa shape index (κ2) is 9.27. The average Bonchev–Trinajstić information content (AvgIpc) is 3.31. The van der Waals surface area contributed by atoms with Crippen molar-refractivity contribution in [1.29, 1.82) is 0 Å². The summed E-state index contributed by atoms with van der Waals surface area (Å²) in [5.41, 5.74) is 3.89. The zero-order chi connectivity index (χ0) is 20.1. The molecule has 2 saturated heterocycles. The third-order valence-electron chi connectivity index (χ3n) is 6.56. The van der Waals surface area contributed by atoms with Crippen LogP contribution in [0.4, 0.5) is 0 Å². The van der Waals surface area contributed by atoms with Crippen LogP contribution in [0.1, 0.15) is 49.6 Å². The maximum atomic E-state index is 5.66. The highest BCUT2D eigenvalue weighted by atomic mass is 16.5. The van der Waals surface area contributed by atoms with E-state index in [1.54, 1.807) is 0 Å². The van der Waals surface area contributed by atoms with Crippen LogP contribution in [0.5, 0.6) is 0 Å². The Morgan fingerprint density at radius 1 is 1.25 bits per heavy atom. The Bertz CT molecular complexity index is 671. The van der Waals surface area contributed by atoms with Gasteiger partial charge in [0.2, 0.25) is 0 Å². The quantitative estimate of drug-likeness (QED) is 0.573. The lowest BCUT2D eigenvalue weighted by Gasteiger charge is -2.45. The monoisotopic (exact) mass is 390 g/mol. The molecule has 1 aromatic heterocycles. The van der Waals surface area contributed by atoms with Crippen LogP contribution in [-0.2, 0) is 18.2 Å². The average molecular weight is 391 g/mol. The number of hydrogen-bond acceptors (Lipinski definition) is 4. The van der Waals surface area contributed by atoms with Crippen molar-refractivity contribution >= 4 is 5.96 Å². The van der Waals surface area contributed by atoms with Crippen molar-refractivity contribution in [2.75, 3.05) is 39.9 Å². The van der Waals surface area contributed by atoms with Gasteiger partial charge >= 0.3 is 0 Å². The fraction of sp³-hybridized carbons (Fsp3) is 0.810. The molecule has 0 amide bonds. The van der Waals surface area contributed by atoms with Gasteiger partial charge in [0.1, 0.15) is 0 Å². The molecule has 7 nitrogen and oxygen atoms in total. The molecule has 3 heterocycles. The molecule has 1 unspecified atom stereocenters. The van der Waals surface area contributed by atoms with Gasteiger partial charge in [-0.1, -0.05) is 0 Å². The van der Waals surface area contributed by atoms with Crippen LogP contribution in [0.15, 0.2) is 4.99 Å². The Balaban J connectivity index is 1.58. The van der Waals surface area contributed by atoms with E-state index < -0.39 is 0 Å². The van der Waals surface area contributed by atoms with Crippen molar-refractivity contribution in [1.82, 2.24) is 25.3 Å². The minimum Gasteiger partial charge on any atom is -0.381 e. The zero-order valence-corrected chi connectivity index (χ0v) is 18.3. The molecule has 0 aromatic carbocycles. The Hall–Kier alpha value is -1.60. The minimum absolute atomic E-state index is 0.201. The summed E-state index contributed by atoms with van der Waals surface area (Å²) in [6.07, 6.45) is 5.77. The second-order valence-corrected chi connectivity index (χ2v) is 8.48. The van der Waals surface area contributed by atoms with E-state index in [0.717, 1.165) is 50.7 Å². The molecule has 3 rings (SSSR count). The molecule has 28 heavy (non-hydrogen) atoms. The lowest BCUT2D eigenvalue weighted by molar-refractivity contribution is -0.0164. The highest BCUT2D eigenvalue weighted by Crippen LogP contribution is 2.30. The van der Waals surface area contributed by atoms with Gasteiger partial charge in [-0.25, -0.2) is 0 Å². The first kappa shape index (κ1) is 21.1. The fourth-order valence-corrected chi connectivity index (χ4v) is 4.69. The van der Waals surface area contributed by atoms with Crippen molar-refractivity contribution in [3.8, 4) is 0 Å². The van der Waals surface area contributed by atoms with Crippen LogP contribution in [-0.4, -0.2) is 72.1 Å². The van der Waals surface area contributed by atoms with Gasteiger partial charge in [-0.2, -0.15) is 5.10 Å². The van der Waals surface area contributed by atoms with Gasteiger partial charge in [-0.3, -0.25) is 14.6 Å². The van der Waals surface area contributed by atoms with E-state index in [0.29, 0.717) is 0 Å². The number of aromatic nitrogens is 2. The normalized spacial score (nSPS) is 21.7. The van der Waals surface area contributed by atoms with Gasteiger partial charge in [0.15, 0.2) is 5.96 Å². The zero-order valence-electron chi connectivity index (χ0n) is 18.3. The highest BCUT2D eigenvalue weighted by molar-refractivity contribution is 5.80. The first-order valence-corrected chi connectivity index (χ1v) is 10.7. The SMILES string of the molecule is CN=C(NCC1(N2CCCC2)CCOCC1)NC(C)Cc1c(C)nn(C)c1C. The summed E-state index contributed by atoms with van der Waals surface area (Å²) >= 11 is 0. The maximum Gasteiger partial charge on any atom is 0.191 e. The number of hydrogen-bond donors (Lipinski definition) is 2. The number of guanidine groups is 1. The Morgan fingerprint density at radius 3 is 2.50 bits per heavy atom. The van der Waals surface area contributed by atoms with E-state index in [1.807, 2.05) is 18.8 Å². The molecule has 0 bridgehead atoms. The Labute approximate surface area is 169 Å². The third-order valence-corrected chi connectivity index (χ3v) is 6.56. The number of nitrogens with zero attached hydrogens (tertiary/aromatic N) is 4. The minimum atomic E-state index is 0.201. The third kappa shape index (κ3) is 4.69. The fourth-order valence-electron chi connectivity index (χ4n) is 4.69. The molecular formula is C21H38N6O. The van der Waals surface area contributed by atoms with Gasteiger partial charge in [0, 0.05) is 51.1 Å². The number of ether oxygens (including phenoxy) is 1. The summed E-state index contributed by atoms with van der Waals surface area (Å²) < 4.78 is 7.63. The van der Waals surface area contributed by atoms with E-state index in [9.17, 15) is 0 Å². The van der Waals surface area contributed by atoms with E-state index in [-0.39, 0.29) is 11.6 Å². The number of aryl methyl sites for hydroxylation is 2. The molecule has 1 atom stereocenters. The number of likely N-dealkylation sites (tertiary alicyclic amines) is 1. The number of nitrogens with one attached hydrogen (secondary N) is 2. The number of rotatable bonds is 6. The van der Waals surface area contributed by atoms with Crippen molar-refractivity contribution in [3.63, 3.8) is 0 Å². The van der Waals surface area contributed by atoms with E-state index in [4.69, 9.17) is 4.74 Å². The van der Waals surface area contributed by atoms with Crippen LogP contribution >= 0.6 is 0 Å². The predicted octanol–water partition coefficient (Wildman–Crippen LogP) is 1.78. The van der Waals surface area contributed by atoms with Crippen molar-refractivity contribution < 1.29 is 4.74 Å². The molecule has 0 radical (unpaired) electrons. The summed E-state index contributed by atoms with van der Waals surface area (Å²) in [5, 5.41) is 11.7. The van der Waals surface area contributed by atoms with E-state index in [2.05, 4.69) is 46.4 Å². The summed E-state index contributed by atoms with van der Waals surface area (Å²) in [6, 6.07) is 0.283. The van der Waals surface area contributed by atoms with Gasteiger partial charge in [0.05, 0.1) is 5.69 Å². The molecule has 0 spiro atoms. The second-order valence-electron chi connectivity index (χ2n) is 8.48. The Morgan fingerprint density at radius 2 is 1.93 bits per heavy atom. The smallest absolute Gasteiger partial charge is 0.191 e. The van der Waals surface area contributed by atoms with Crippen LogP contribution in [0.3, 0.4) is 0 Å². The molecule has 0 saturated carbocycles. The molecule has 7 heteroatoms. The largest absolute Gasteiger partial charge is 0.381 e. The molecule has 0 aliphatic carbocycles. The van der Waals surface area contributed by atoms with Gasteiger partial charge in [-0.15, -0.1) is 0 Å². The van der Waals surface area contributed by atoms with Crippen LogP contribution in [0, 0.1) is 13.8 Å². The van der Waals surface area contributed by atoms with Gasteiger partial charge in [-0.05, 0) is 71.5 Å². The predicted molar refractivity (Wildman–Crippen MR) is 114 cm³/mol.